The average Bonchev–Trinajstić information content (AvgIpc) is 2.40. The van der Waals surface area contributed by atoms with Gasteiger partial charge in [0.2, 0.25) is 5.95 Å². The van der Waals surface area contributed by atoms with E-state index in [4.69, 9.17) is 16.7 Å². The first-order chi connectivity index (χ1) is 10.6. The maximum atomic E-state index is 12.4. The van der Waals surface area contributed by atoms with Crippen LogP contribution in [-0.2, 0) is 0 Å². The van der Waals surface area contributed by atoms with Gasteiger partial charge in [-0.2, -0.15) is 10.2 Å². The molecular formula is C12H7BrF3N5O2. The smallest absolute Gasteiger partial charge is 0.506 e. The number of hydrogen-bond donors (Lipinski definition) is 3. The number of nitriles is 1. The minimum atomic E-state index is -4.94. The molecule has 2 rings (SSSR count). The summed E-state index contributed by atoms with van der Waals surface area (Å²) in [6.07, 6.45) is -4.94. The summed E-state index contributed by atoms with van der Waals surface area (Å²) in [6.45, 7) is 0. The first kappa shape index (κ1) is 16.6. The van der Waals surface area contributed by atoms with Gasteiger partial charge in [0.15, 0.2) is 0 Å². The van der Waals surface area contributed by atoms with Gasteiger partial charge in [-0.3, -0.25) is 0 Å². The molecule has 0 atom stereocenters. The van der Waals surface area contributed by atoms with Crippen LogP contribution in [0.25, 0.3) is 11.3 Å². The number of aromatic hydroxyl groups is 1. The fourth-order valence-electron chi connectivity index (χ4n) is 1.75. The third kappa shape index (κ3) is 3.54. The zero-order valence-electron chi connectivity index (χ0n) is 11.0. The van der Waals surface area contributed by atoms with Crippen molar-refractivity contribution in [2.45, 2.75) is 6.36 Å². The van der Waals surface area contributed by atoms with Crippen LogP contribution in [0.2, 0.25) is 0 Å². The number of hydrogen-bond acceptors (Lipinski definition) is 7. The van der Waals surface area contributed by atoms with E-state index in [2.05, 4.69) is 30.6 Å². The molecule has 0 fully saturated rings. The molecule has 1 aromatic carbocycles. The number of phenolic OH excluding ortho intramolecular Hbond substituents is 1. The standard InChI is InChI=1S/C12H7BrF3N5O2/c13-7-2-4(23-12(14,15)16)1-5(9(7)22)8-6(3-17)10(18)21-11(19)20-8/h1-2,22H,(H4,18,19,20,21). The number of halogens is 4. The molecule has 7 nitrogen and oxygen atoms in total. The monoisotopic (exact) mass is 389 g/mol. The molecule has 120 valence electrons. The molecule has 0 aliphatic heterocycles. The van der Waals surface area contributed by atoms with Crippen LogP contribution in [-0.4, -0.2) is 21.4 Å². The molecule has 0 bridgehead atoms. The van der Waals surface area contributed by atoms with E-state index in [1.54, 1.807) is 6.07 Å². The number of benzene rings is 1. The zero-order chi connectivity index (χ0) is 17.4. The third-order valence-electron chi connectivity index (χ3n) is 2.59. The summed E-state index contributed by atoms with van der Waals surface area (Å²) < 4.78 is 40.8. The van der Waals surface area contributed by atoms with E-state index in [-0.39, 0.29) is 33.1 Å². The number of rotatable bonds is 2. The van der Waals surface area contributed by atoms with Gasteiger partial charge in [0.1, 0.15) is 28.9 Å². The van der Waals surface area contributed by atoms with Crippen molar-refractivity contribution in [3.8, 4) is 28.8 Å². The first-order valence-electron chi connectivity index (χ1n) is 5.74. The Bertz CT molecular complexity index is 820. The lowest BCUT2D eigenvalue weighted by Gasteiger charge is -2.13. The second kappa shape index (κ2) is 5.81. The van der Waals surface area contributed by atoms with Crippen LogP contribution in [0, 0.1) is 11.3 Å². The van der Waals surface area contributed by atoms with Crippen LogP contribution < -0.4 is 16.2 Å². The summed E-state index contributed by atoms with van der Waals surface area (Å²) in [5.74, 6) is -1.67. The Morgan fingerprint density at radius 1 is 1.26 bits per heavy atom. The summed E-state index contributed by atoms with van der Waals surface area (Å²) in [5, 5.41) is 19.2. The van der Waals surface area contributed by atoms with E-state index >= 15 is 0 Å². The minimum Gasteiger partial charge on any atom is -0.506 e. The molecule has 0 spiro atoms. The predicted octanol–water partition coefficient (Wildman–Crippen LogP) is 2.55. The van der Waals surface area contributed by atoms with E-state index in [0.717, 1.165) is 12.1 Å². The lowest BCUT2D eigenvalue weighted by Crippen LogP contribution is -2.17. The van der Waals surface area contributed by atoms with Gasteiger partial charge < -0.3 is 21.3 Å². The van der Waals surface area contributed by atoms with Crippen molar-refractivity contribution in [1.29, 1.82) is 5.26 Å². The summed E-state index contributed by atoms with van der Waals surface area (Å²) in [6, 6.07) is 3.47. The van der Waals surface area contributed by atoms with Gasteiger partial charge in [-0.05, 0) is 28.1 Å². The molecule has 0 amide bonds. The van der Waals surface area contributed by atoms with E-state index in [1.807, 2.05) is 0 Å². The van der Waals surface area contributed by atoms with Gasteiger partial charge in [-0.25, -0.2) is 4.98 Å². The SMILES string of the molecule is N#Cc1c(N)nc(N)nc1-c1cc(OC(F)(F)F)cc(Br)c1O. The van der Waals surface area contributed by atoms with Crippen molar-refractivity contribution < 1.29 is 23.0 Å². The van der Waals surface area contributed by atoms with Crippen molar-refractivity contribution in [1.82, 2.24) is 9.97 Å². The van der Waals surface area contributed by atoms with Crippen molar-refractivity contribution >= 4 is 27.7 Å². The van der Waals surface area contributed by atoms with Gasteiger partial charge in [-0.15, -0.1) is 13.2 Å². The Labute approximate surface area is 135 Å². The van der Waals surface area contributed by atoms with Crippen LogP contribution in [0.5, 0.6) is 11.5 Å². The predicted molar refractivity (Wildman–Crippen MR) is 77.1 cm³/mol. The highest BCUT2D eigenvalue weighted by Gasteiger charge is 2.32. The van der Waals surface area contributed by atoms with E-state index in [9.17, 15) is 18.3 Å². The number of anilines is 2. The third-order valence-corrected chi connectivity index (χ3v) is 3.20. The van der Waals surface area contributed by atoms with E-state index < -0.39 is 17.9 Å². The molecule has 0 saturated heterocycles. The zero-order valence-corrected chi connectivity index (χ0v) is 12.6. The molecule has 0 saturated carbocycles. The van der Waals surface area contributed by atoms with Gasteiger partial charge in [-0.1, -0.05) is 0 Å². The van der Waals surface area contributed by atoms with Crippen molar-refractivity contribution in [3.63, 3.8) is 0 Å². The summed E-state index contributed by atoms with van der Waals surface area (Å²) in [4.78, 5) is 7.34. The Hall–Kier alpha value is -2.74. The maximum Gasteiger partial charge on any atom is 0.573 e. The van der Waals surface area contributed by atoms with Gasteiger partial charge in [0.25, 0.3) is 0 Å². The quantitative estimate of drug-likeness (QED) is 0.718. The number of nitrogens with zero attached hydrogens (tertiary/aromatic N) is 3. The van der Waals surface area contributed by atoms with Gasteiger partial charge >= 0.3 is 6.36 Å². The summed E-state index contributed by atoms with van der Waals surface area (Å²) >= 11 is 2.90. The highest BCUT2D eigenvalue weighted by molar-refractivity contribution is 9.10. The fourth-order valence-corrected chi connectivity index (χ4v) is 2.19. The second-order valence-electron chi connectivity index (χ2n) is 4.15. The highest BCUT2D eigenvalue weighted by Crippen LogP contribution is 2.41. The Kier molecular flexibility index (Phi) is 4.20. The van der Waals surface area contributed by atoms with Gasteiger partial charge in [0.05, 0.1) is 10.2 Å². The summed E-state index contributed by atoms with van der Waals surface area (Å²) in [7, 11) is 0. The fraction of sp³-hybridized carbons (Fsp3) is 0.0833. The molecule has 0 unspecified atom stereocenters. The van der Waals surface area contributed by atoms with Gasteiger partial charge in [0, 0.05) is 5.56 Å². The number of phenols is 1. The average molecular weight is 390 g/mol. The molecule has 2 aromatic rings. The second-order valence-corrected chi connectivity index (χ2v) is 5.01. The van der Waals surface area contributed by atoms with E-state index in [1.165, 1.54) is 0 Å². The molecule has 0 aliphatic rings. The first-order valence-corrected chi connectivity index (χ1v) is 6.53. The Balaban J connectivity index is 2.71. The molecule has 1 heterocycles. The van der Waals surface area contributed by atoms with Crippen LogP contribution in [0.3, 0.4) is 0 Å². The lowest BCUT2D eigenvalue weighted by atomic mass is 10.1. The van der Waals surface area contributed by atoms with Crippen molar-refractivity contribution in [2.75, 3.05) is 11.5 Å². The molecule has 11 heteroatoms. The number of alkyl halides is 3. The van der Waals surface area contributed by atoms with Crippen molar-refractivity contribution in [2.24, 2.45) is 0 Å². The number of ether oxygens (including phenoxy) is 1. The number of nitrogen functional groups attached to an aromatic ring is 2. The molecular weight excluding hydrogens is 383 g/mol. The Morgan fingerprint density at radius 3 is 2.48 bits per heavy atom. The van der Waals surface area contributed by atoms with Crippen LogP contribution in [0.1, 0.15) is 5.56 Å². The summed E-state index contributed by atoms with van der Waals surface area (Å²) in [5.41, 5.74) is 10.3. The maximum absolute atomic E-state index is 12.4. The molecule has 0 radical (unpaired) electrons. The molecule has 5 N–H and O–H groups in total. The minimum absolute atomic E-state index is 0.103. The lowest BCUT2D eigenvalue weighted by molar-refractivity contribution is -0.274. The molecule has 1 aromatic heterocycles. The number of aromatic nitrogens is 2. The topological polar surface area (TPSA) is 131 Å². The molecule has 0 aliphatic carbocycles. The Morgan fingerprint density at radius 2 is 1.91 bits per heavy atom. The number of nitrogens with two attached hydrogens (primary N) is 2. The molecule has 23 heavy (non-hydrogen) atoms. The van der Waals surface area contributed by atoms with E-state index in [0.29, 0.717) is 0 Å². The van der Waals surface area contributed by atoms with Crippen LogP contribution in [0.4, 0.5) is 24.9 Å². The normalized spacial score (nSPS) is 11.1. The van der Waals surface area contributed by atoms with Crippen LogP contribution in [0.15, 0.2) is 16.6 Å². The highest BCUT2D eigenvalue weighted by atomic mass is 79.9. The van der Waals surface area contributed by atoms with Crippen molar-refractivity contribution in [3.05, 3.63) is 22.2 Å². The van der Waals surface area contributed by atoms with Crippen LogP contribution >= 0.6 is 15.9 Å². The largest absolute Gasteiger partial charge is 0.573 e.